The maximum Gasteiger partial charge on any atom is 0.460 e. The van der Waals surface area contributed by atoms with E-state index in [4.69, 9.17) is 28.4 Å². The molecular formula is C68H56F26O13. The average Bonchev–Trinajstić information content (AvgIpc) is 1.09. The summed E-state index contributed by atoms with van der Waals surface area (Å²) in [6, 6.07) is 18.3. The van der Waals surface area contributed by atoms with Crippen molar-refractivity contribution < 1.29 is 176 Å². The van der Waals surface area contributed by atoms with E-state index in [0.29, 0.717) is 11.6 Å². The molecule has 0 N–H and O–H groups in total. The third-order valence-electron chi connectivity index (χ3n) is 19.7. The van der Waals surface area contributed by atoms with Gasteiger partial charge in [-0.05, 0) is 73.5 Å². The molecule has 7 heterocycles. The highest BCUT2D eigenvalue weighted by Crippen LogP contribution is 2.66. The monoisotopic (exact) mass is 1570 g/mol. The number of esters is 6. The van der Waals surface area contributed by atoms with Crippen LogP contribution in [0.3, 0.4) is 0 Å². The third-order valence-corrected chi connectivity index (χ3v) is 19.7. The summed E-state index contributed by atoms with van der Waals surface area (Å²) in [5.41, 5.74) is 1.69. The van der Waals surface area contributed by atoms with E-state index in [1.165, 1.54) is 19.1 Å². The number of alkyl halides is 26. The van der Waals surface area contributed by atoms with Gasteiger partial charge >= 0.3 is 107 Å². The van der Waals surface area contributed by atoms with Gasteiger partial charge in [0, 0.05) is 11.8 Å². The lowest BCUT2D eigenvalue weighted by Gasteiger charge is -2.42. The zero-order valence-electron chi connectivity index (χ0n) is 54.0. The van der Waals surface area contributed by atoms with Crippen molar-refractivity contribution in [2.75, 3.05) is 6.61 Å². The fraction of sp³-hybridized carbons (Fsp3) is 0.529. The fourth-order valence-electron chi connectivity index (χ4n) is 14.1. The first kappa shape index (κ1) is 82.9. The maximum absolute atomic E-state index is 15.3. The van der Waals surface area contributed by atoms with Crippen LogP contribution in [0.15, 0.2) is 134 Å². The van der Waals surface area contributed by atoms with Gasteiger partial charge in [-0.25, -0.2) is 0 Å². The smallest absolute Gasteiger partial charge is 0.460 e. The molecular weight excluding hydrogens is 1520 g/mol. The minimum atomic E-state index is -8.01. The molecule has 0 amide bonds. The molecule has 6 saturated heterocycles. The van der Waals surface area contributed by atoms with E-state index in [-0.39, 0.29) is 37.1 Å². The molecule has 2 saturated carbocycles. The van der Waals surface area contributed by atoms with Crippen molar-refractivity contribution in [3.63, 3.8) is 0 Å². The molecule has 8 fully saturated rings. The number of carbonyl (C=O) groups excluding carboxylic acids is 6. The van der Waals surface area contributed by atoms with Gasteiger partial charge in [-0.2, -0.15) is 114 Å². The maximum atomic E-state index is 15.3. The minimum Gasteiger partial charge on any atom is -0.502 e. The van der Waals surface area contributed by atoms with Gasteiger partial charge in [0.2, 0.25) is 0 Å². The molecule has 2 aromatic carbocycles. The van der Waals surface area contributed by atoms with E-state index in [1.54, 1.807) is 48.6 Å². The van der Waals surface area contributed by atoms with Gasteiger partial charge in [-0.15, -0.1) is 6.58 Å². The first-order valence-electron chi connectivity index (χ1n) is 31.9. The van der Waals surface area contributed by atoms with E-state index in [2.05, 4.69) is 11.3 Å². The van der Waals surface area contributed by atoms with E-state index in [0.717, 1.165) is 30.1 Å². The van der Waals surface area contributed by atoms with Gasteiger partial charge in [0.1, 0.15) is 35.5 Å². The molecule has 39 heteroatoms. The predicted molar refractivity (Wildman–Crippen MR) is 311 cm³/mol. The summed E-state index contributed by atoms with van der Waals surface area (Å²) in [7, 11) is 0. The zero-order valence-corrected chi connectivity index (χ0v) is 54.0. The van der Waals surface area contributed by atoms with Gasteiger partial charge in [0.25, 0.3) is 0 Å². The molecule has 7 aliphatic heterocycles. The first-order chi connectivity index (χ1) is 49.3. The summed E-state index contributed by atoms with van der Waals surface area (Å²) in [6.45, 7) is 4.95. The van der Waals surface area contributed by atoms with Gasteiger partial charge in [-0.1, -0.05) is 127 Å². The second-order valence-electron chi connectivity index (χ2n) is 26.1. The fourth-order valence-corrected chi connectivity index (χ4v) is 14.1. The zero-order chi connectivity index (χ0) is 79.8. The lowest BCUT2D eigenvalue weighted by atomic mass is 9.81. The Morgan fingerprint density at radius 3 is 1.14 bits per heavy atom. The Hall–Kier alpha value is -8.10. The molecule has 4 bridgehead atoms. The molecule has 107 heavy (non-hydrogen) atoms. The molecule has 588 valence electrons. The average molecular weight is 1580 g/mol. The number of hydrogen-bond donors (Lipinski definition) is 0. The largest absolute Gasteiger partial charge is 0.502 e. The summed E-state index contributed by atoms with van der Waals surface area (Å²) in [5, 5.41) is 0. The van der Waals surface area contributed by atoms with Gasteiger partial charge in [0.15, 0.2) is 0 Å². The van der Waals surface area contributed by atoms with Crippen LogP contribution in [-0.4, -0.2) is 151 Å². The van der Waals surface area contributed by atoms with Crippen molar-refractivity contribution in [1.29, 1.82) is 0 Å². The molecule has 18 unspecified atom stereocenters. The topological polar surface area (TPSA) is 167 Å². The number of carbonyl (C=O) groups is 6. The van der Waals surface area contributed by atoms with Crippen LogP contribution in [0.2, 0.25) is 0 Å². The van der Waals surface area contributed by atoms with Crippen LogP contribution >= 0.6 is 0 Å². The Morgan fingerprint density at radius 1 is 0.393 bits per heavy atom. The lowest BCUT2D eigenvalue weighted by Crippen LogP contribution is -2.71. The third kappa shape index (κ3) is 14.4. The molecule has 13 nitrogen and oxygen atoms in total. The van der Waals surface area contributed by atoms with Crippen LogP contribution in [0, 0.1) is 71.0 Å². The normalized spacial score (nSPS) is 31.6. The highest BCUT2D eigenvalue weighted by molar-refractivity contribution is 5.99. The number of hydrogen-bond acceptors (Lipinski definition) is 13. The van der Waals surface area contributed by atoms with Crippen LogP contribution in [-0.2, 0) is 61.9 Å². The van der Waals surface area contributed by atoms with Gasteiger partial charge in [-0.3, -0.25) is 28.8 Å². The van der Waals surface area contributed by atoms with E-state index in [1.807, 2.05) is 48.6 Å². The molecule has 0 aromatic heterocycles. The summed E-state index contributed by atoms with van der Waals surface area (Å²) in [4.78, 5) is 70.5. The molecule has 18 atom stereocenters. The highest BCUT2D eigenvalue weighted by Gasteiger charge is 2.93. The van der Waals surface area contributed by atoms with Gasteiger partial charge < -0.3 is 33.2 Å². The Kier molecular flexibility index (Phi) is 22.8. The summed E-state index contributed by atoms with van der Waals surface area (Å²) < 4.78 is 386. The highest BCUT2D eigenvalue weighted by atomic mass is 19.4. The number of fused-ring (bicyclic) bond motifs is 9. The molecule has 12 rings (SSSR count). The summed E-state index contributed by atoms with van der Waals surface area (Å²) >= 11 is 0. The minimum absolute atomic E-state index is 0.100. The van der Waals surface area contributed by atoms with E-state index in [9.17, 15) is 134 Å². The number of rotatable bonds is 20. The van der Waals surface area contributed by atoms with Crippen LogP contribution in [0.25, 0.3) is 12.2 Å². The van der Waals surface area contributed by atoms with Crippen molar-refractivity contribution in [1.82, 2.24) is 0 Å². The van der Waals surface area contributed by atoms with Crippen molar-refractivity contribution >= 4 is 48.0 Å². The number of halogens is 26. The Bertz CT molecular complexity index is 3820. The summed E-state index contributed by atoms with van der Waals surface area (Å²) in [6.07, 6.45) is -3.49. The second kappa shape index (κ2) is 29.4. The molecule has 10 aliphatic rings. The number of allylic oxidation sites excluding steroid dienone is 4. The Labute approximate surface area is 586 Å². The van der Waals surface area contributed by atoms with Crippen LogP contribution < -0.4 is 0 Å². The van der Waals surface area contributed by atoms with Crippen molar-refractivity contribution in [3.8, 4) is 0 Å². The number of ether oxygens (including phenoxy) is 7. The van der Waals surface area contributed by atoms with E-state index < -0.39 is 210 Å². The number of benzene rings is 2. The lowest BCUT2D eigenvalue weighted by molar-refractivity contribution is -0.443. The van der Waals surface area contributed by atoms with Crippen molar-refractivity contribution in [2.45, 2.75) is 141 Å². The SMILES string of the molecule is C=CC1OC(/C=C\c2ccccc2)C2C(=O)OC(=O)C12.CCO/C=C\C1CC(/C=C/C2OC(/C=C\c3ccccc3)C3C(=O)OC(=O)C23)CC1C(F)(F)C(F)(F)C(F)(F)C(F)(F)C(F)(F)C(F)(F)F.FC(F)(F)C(F)(F)C(F)(F)C(F)(F)C(F)(F)C(F)(F)C1CC2C=CC1C2.O=C1OC(=O)C2C3C=CC(O3)C12. The van der Waals surface area contributed by atoms with Crippen LogP contribution in [0.4, 0.5) is 114 Å². The second-order valence-corrected chi connectivity index (χ2v) is 26.1. The van der Waals surface area contributed by atoms with Crippen molar-refractivity contribution in [3.05, 3.63) is 145 Å². The van der Waals surface area contributed by atoms with Crippen molar-refractivity contribution in [2.24, 2.45) is 71.0 Å². The molecule has 0 radical (unpaired) electrons. The quantitative estimate of drug-likeness (QED) is 0.0307. The summed E-state index contributed by atoms with van der Waals surface area (Å²) in [5.74, 6) is -92.7. The number of cyclic esters (lactones) is 6. The Morgan fingerprint density at radius 2 is 0.766 bits per heavy atom. The molecule has 3 aliphatic carbocycles. The predicted octanol–water partition coefficient (Wildman–Crippen LogP) is 15.8. The molecule has 2 aromatic rings. The standard InChI is InChI=1S/C31H27F13O5.C16H14O4.C13H9F13.C8H6O4/c1-2-47-13-12-18-14-17(15-19(18)26(32,33)27(34,35)28(36,37)29(38,39)30(40,41)31(42,43)44)9-11-21-23-22(24(45)49-25(23)46)20(48-21)10-8-16-6-4-3-5-7-16;1-2-11-13-14(16(18)20-15(13)17)12(19-11)9-8-10-6-4-3-5-7-10;14-8(15,7-4-5-1-2-6(7)3-5)9(16,17)10(18,19)11(20,21)12(22,23)13(24,25)26;9-7-5-3-1-2-4(11-3)6(5)8(10)12-7/h3-13,17-23H,2,14-15H2,1H3;2-9,11-14H,1H2;1-2,5-7H,3-4H2;1-6H/b10-8-,11-9+,13-12-;9-8-;;. The first-order valence-corrected chi connectivity index (χ1v) is 31.9. The molecule has 0 spiro atoms. The van der Waals surface area contributed by atoms with Crippen LogP contribution in [0.1, 0.15) is 43.7 Å². The van der Waals surface area contributed by atoms with Gasteiger partial charge in [0.05, 0.1) is 49.5 Å². The Balaban J connectivity index is 0.000000187. The van der Waals surface area contributed by atoms with E-state index >= 15 is 8.78 Å². The van der Waals surface area contributed by atoms with Crippen LogP contribution in [0.5, 0.6) is 0 Å².